The Morgan fingerprint density at radius 3 is 2.63 bits per heavy atom. The second-order valence-corrected chi connectivity index (χ2v) is 5.53. The van der Waals surface area contributed by atoms with Crippen LogP contribution in [0.2, 0.25) is 5.02 Å². The summed E-state index contributed by atoms with van der Waals surface area (Å²) in [4.78, 5) is 1.98. The molecule has 2 N–H and O–H groups in total. The molecule has 1 fully saturated rings. The molecule has 0 saturated carbocycles. The second-order valence-electron chi connectivity index (χ2n) is 5.13. The third-order valence-electron chi connectivity index (χ3n) is 3.60. The highest BCUT2D eigenvalue weighted by molar-refractivity contribution is 6.31. The van der Waals surface area contributed by atoms with Crippen molar-refractivity contribution in [3.8, 4) is 0 Å². The van der Waals surface area contributed by atoms with Crippen LogP contribution < -0.4 is 4.90 Å². The fraction of sp³-hybridized carbons (Fsp3) is 0.571. The molecule has 1 aliphatic heterocycles. The van der Waals surface area contributed by atoms with E-state index in [1.807, 2.05) is 30.1 Å². The van der Waals surface area contributed by atoms with Gasteiger partial charge in [0, 0.05) is 50.4 Å². The molecule has 1 heterocycles. The van der Waals surface area contributed by atoms with Gasteiger partial charge in [-0.15, -0.1) is 0 Å². The summed E-state index contributed by atoms with van der Waals surface area (Å²) in [5.74, 6) is 0. The predicted molar refractivity (Wildman–Crippen MR) is 75.6 cm³/mol. The maximum Gasteiger partial charge on any atom is 0.0865 e. The normalized spacial score (nSPS) is 18.3. The summed E-state index contributed by atoms with van der Waals surface area (Å²) in [5, 5.41) is 20.1. The maximum atomic E-state index is 10.5. The van der Waals surface area contributed by atoms with Crippen molar-refractivity contribution < 1.29 is 14.9 Å². The lowest BCUT2D eigenvalue weighted by molar-refractivity contribution is -0.0572. The number of anilines is 1. The van der Waals surface area contributed by atoms with Crippen molar-refractivity contribution in [3.05, 3.63) is 28.8 Å². The number of aliphatic hydroxyl groups is 2. The van der Waals surface area contributed by atoms with Crippen LogP contribution in [-0.4, -0.2) is 42.6 Å². The van der Waals surface area contributed by atoms with Crippen molar-refractivity contribution in [2.45, 2.75) is 25.0 Å². The summed E-state index contributed by atoms with van der Waals surface area (Å²) >= 11 is 6.08. The van der Waals surface area contributed by atoms with Crippen LogP contribution in [0.5, 0.6) is 0 Å². The zero-order valence-electron chi connectivity index (χ0n) is 11.1. The first-order chi connectivity index (χ1) is 9.04. The van der Waals surface area contributed by atoms with Gasteiger partial charge in [0.2, 0.25) is 0 Å². The van der Waals surface area contributed by atoms with Crippen LogP contribution in [0.4, 0.5) is 5.69 Å². The van der Waals surface area contributed by atoms with Crippen molar-refractivity contribution in [2.24, 2.45) is 0 Å². The molecule has 2 rings (SSSR count). The quantitative estimate of drug-likeness (QED) is 0.886. The van der Waals surface area contributed by atoms with Gasteiger partial charge in [-0.05, 0) is 17.7 Å². The van der Waals surface area contributed by atoms with E-state index in [1.165, 1.54) is 0 Å². The number of ether oxygens (including phenoxy) is 1. The van der Waals surface area contributed by atoms with Gasteiger partial charge in [-0.2, -0.15) is 0 Å². The SMILES string of the molecule is CN(CC1(O)CCOCC1)c1ccc(CO)c(Cl)c1. The molecule has 106 valence electrons. The molecule has 0 atom stereocenters. The molecule has 0 aromatic heterocycles. The standard InChI is InChI=1S/C14H20ClNO3/c1-16(10-14(18)4-6-19-7-5-14)12-3-2-11(9-17)13(15)8-12/h2-3,8,17-18H,4-7,9-10H2,1H3. The van der Waals surface area contributed by atoms with Crippen molar-refractivity contribution in [3.63, 3.8) is 0 Å². The molecule has 1 saturated heterocycles. The molecule has 5 heteroatoms. The Morgan fingerprint density at radius 1 is 1.37 bits per heavy atom. The maximum absolute atomic E-state index is 10.5. The second kappa shape index (κ2) is 6.09. The first-order valence-electron chi connectivity index (χ1n) is 6.45. The van der Waals surface area contributed by atoms with E-state index in [4.69, 9.17) is 21.4 Å². The Balaban J connectivity index is 2.06. The molecule has 4 nitrogen and oxygen atoms in total. The number of benzene rings is 1. The van der Waals surface area contributed by atoms with E-state index >= 15 is 0 Å². The zero-order valence-corrected chi connectivity index (χ0v) is 11.9. The van der Waals surface area contributed by atoms with E-state index in [2.05, 4.69) is 0 Å². The predicted octanol–water partition coefficient (Wildman–Crippen LogP) is 1.81. The summed E-state index contributed by atoms with van der Waals surface area (Å²) in [7, 11) is 1.93. The molecule has 0 radical (unpaired) electrons. The largest absolute Gasteiger partial charge is 0.392 e. The molecule has 0 unspecified atom stereocenters. The minimum absolute atomic E-state index is 0.0654. The number of hydrogen-bond acceptors (Lipinski definition) is 4. The van der Waals surface area contributed by atoms with E-state index in [0.717, 1.165) is 5.69 Å². The van der Waals surface area contributed by atoms with Crippen LogP contribution in [-0.2, 0) is 11.3 Å². The fourth-order valence-corrected chi connectivity index (χ4v) is 2.58. The number of hydrogen-bond donors (Lipinski definition) is 2. The lowest BCUT2D eigenvalue weighted by atomic mass is 9.94. The molecular formula is C14H20ClNO3. The summed E-state index contributed by atoms with van der Waals surface area (Å²) in [6.07, 6.45) is 1.31. The third-order valence-corrected chi connectivity index (χ3v) is 3.95. The van der Waals surface area contributed by atoms with E-state index in [0.29, 0.717) is 43.2 Å². The van der Waals surface area contributed by atoms with Gasteiger partial charge >= 0.3 is 0 Å². The van der Waals surface area contributed by atoms with Gasteiger partial charge in [0.05, 0.1) is 12.2 Å². The van der Waals surface area contributed by atoms with E-state index in [-0.39, 0.29) is 6.61 Å². The van der Waals surface area contributed by atoms with Gasteiger partial charge in [0.15, 0.2) is 0 Å². The van der Waals surface area contributed by atoms with Gasteiger partial charge in [0.25, 0.3) is 0 Å². The average Bonchev–Trinajstić information content (AvgIpc) is 2.39. The van der Waals surface area contributed by atoms with Gasteiger partial charge in [-0.25, -0.2) is 0 Å². The van der Waals surface area contributed by atoms with Crippen molar-refractivity contribution in [2.75, 3.05) is 31.7 Å². The zero-order chi connectivity index (χ0) is 13.9. The summed E-state index contributed by atoms with van der Waals surface area (Å²) in [6, 6.07) is 5.53. The summed E-state index contributed by atoms with van der Waals surface area (Å²) in [5.41, 5.74) is 0.945. The number of rotatable bonds is 4. The fourth-order valence-electron chi connectivity index (χ4n) is 2.34. The molecular weight excluding hydrogens is 266 g/mol. The molecule has 19 heavy (non-hydrogen) atoms. The highest BCUT2D eigenvalue weighted by Crippen LogP contribution is 2.27. The number of halogens is 1. The van der Waals surface area contributed by atoms with E-state index in [1.54, 1.807) is 0 Å². The van der Waals surface area contributed by atoms with Crippen molar-refractivity contribution >= 4 is 17.3 Å². The van der Waals surface area contributed by atoms with Crippen molar-refractivity contribution in [1.29, 1.82) is 0 Å². The Morgan fingerprint density at radius 2 is 2.05 bits per heavy atom. The topological polar surface area (TPSA) is 52.9 Å². The van der Waals surface area contributed by atoms with Crippen molar-refractivity contribution in [1.82, 2.24) is 0 Å². The lowest BCUT2D eigenvalue weighted by Gasteiger charge is -2.36. The number of likely N-dealkylation sites (N-methyl/N-ethyl adjacent to an activating group) is 1. The minimum Gasteiger partial charge on any atom is -0.392 e. The van der Waals surface area contributed by atoms with Gasteiger partial charge in [0.1, 0.15) is 0 Å². The van der Waals surface area contributed by atoms with E-state index < -0.39 is 5.60 Å². The Labute approximate surface area is 118 Å². The monoisotopic (exact) mass is 285 g/mol. The Hall–Kier alpha value is -0.810. The summed E-state index contributed by atoms with van der Waals surface area (Å²) in [6.45, 7) is 1.69. The number of aliphatic hydroxyl groups excluding tert-OH is 1. The molecule has 0 aliphatic carbocycles. The minimum atomic E-state index is -0.699. The smallest absolute Gasteiger partial charge is 0.0865 e. The van der Waals surface area contributed by atoms with Crippen LogP contribution in [0.15, 0.2) is 18.2 Å². The Kier molecular flexibility index (Phi) is 4.68. The van der Waals surface area contributed by atoms with Crippen LogP contribution in [0.3, 0.4) is 0 Å². The van der Waals surface area contributed by atoms with Gasteiger partial charge in [-0.1, -0.05) is 17.7 Å². The highest BCUT2D eigenvalue weighted by atomic mass is 35.5. The van der Waals surface area contributed by atoms with Crippen LogP contribution in [0.25, 0.3) is 0 Å². The molecule has 1 aromatic rings. The average molecular weight is 286 g/mol. The Bertz CT molecular complexity index is 433. The first-order valence-corrected chi connectivity index (χ1v) is 6.82. The molecule has 0 bridgehead atoms. The first kappa shape index (κ1) is 14.6. The number of nitrogens with zero attached hydrogens (tertiary/aromatic N) is 1. The van der Waals surface area contributed by atoms with Gasteiger partial charge in [-0.3, -0.25) is 0 Å². The van der Waals surface area contributed by atoms with Gasteiger partial charge < -0.3 is 19.8 Å². The molecule has 1 aliphatic rings. The van der Waals surface area contributed by atoms with E-state index in [9.17, 15) is 5.11 Å². The van der Waals surface area contributed by atoms with Crippen LogP contribution >= 0.6 is 11.6 Å². The molecule has 0 spiro atoms. The third kappa shape index (κ3) is 3.60. The highest BCUT2D eigenvalue weighted by Gasteiger charge is 2.31. The lowest BCUT2D eigenvalue weighted by Crippen LogP contribution is -2.45. The summed E-state index contributed by atoms with van der Waals surface area (Å²) < 4.78 is 5.27. The molecule has 0 amide bonds. The molecule has 1 aromatic carbocycles. The van der Waals surface area contributed by atoms with Crippen LogP contribution in [0.1, 0.15) is 18.4 Å². The van der Waals surface area contributed by atoms with Crippen LogP contribution in [0, 0.1) is 0 Å².